The minimum Gasteiger partial charge on any atom is -0.462 e. The third-order valence-electron chi connectivity index (χ3n) is 10.9. The molecule has 206 valence electrons. The van der Waals surface area contributed by atoms with Gasteiger partial charge in [0.05, 0.1) is 0 Å². The Morgan fingerprint density at radius 1 is 1.08 bits per heavy atom. The molecular weight excluding hydrogens is 466 g/mol. The van der Waals surface area contributed by atoms with Gasteiger partial charge in [0.25, 0.3) is 0 Å². The van der Waals surface area contributed by atoms with Crippen LogP contribution in [0.15, 0.2) is 11.6 Å². The minimum atomic E-state index is -0.253. The Morgan fingerprint density at radius 3 is 2.49 bits per heavy atom. The number of fused-ring (bicyclic) bond motifs is 5. The van der Waals surface area contributed by atoms with Crippen LogP contribution in [0.2, 0.25) is 0 Å². The summed E-state index contributed by atoms with van der Waals surface area (Å²) in [6.07, 6.45) is 10.1. The molecule has 1 amide bonds. The predicted octanol–water partition coefficient (Wildman–Crippen LogP) is 5.43. The van der Waals surface area contributed by atoms with Gasteiger partial charge in [-0.25, -0.2) is 0 Å². The first kappa shape index (κ1) is 28.0. The second-order valence-corrected chi connectivity index (χ2v) is 13.3. The zero-order valence-corrected chi connectivity index (χ0v) is 23.7. The smallest absolute Gasteiger partial charge is 0.302 e. The van der Waals surface area contributed by atoms with Crippen molar-refractivity contribution < 1.29 is 23.9 Å². The van der Waals surface area contributed by atoms with E-state index >= 15 is 0 Å². The van der Waals surface area contributed by atoms with E-state index in [0.29, 0.717) is 42.9 Å². The maximum absolute atomic E-state index is 13.5. The summed E-state index contributed by atoms with van der Waals surface area (Å²) in [5.74, 6) is 1.40. The Balaban J connectivity index is 1.45. The fourth-order valence-electron chi connectivity index (χ4n) is 8.86. The van der Waals surface area contributed by atoms with Crippen LogP contribution in [0.25, 0.3) is 0 Å². The van der Waals surface area contributed by atoms with Crippen LogP contribution in [0.3, 0.4) is 0 Å². The second-order valence-electron chi connectivity index (χ2n) is 13.3. The Bertz CT molecular complexity index is 971. The van der Waals surface area contributed by atoms with Crippen molar-refractivity contribution in [2.45, 2.75) is 105 Å². The van der Waals surface area contributed by atoms with Gasteiger partial charge < -0.3 is 10.1 Å². The molecule has 37 heavy (non-hydrogen) atoms. The van der Waals surface area contributed by atoms with Gasteiger partial charge in [-0.3, -0.25) is 19.2 Å². The van der Waals surface area contributed by atoms with E-state index in [2.05, 4.69) is 32.2 Å². The van der Waals surface area contributed by atoms with Crippen molar-refractivity contribution >= 4 is 23.4 Å². The number of hydrogen-bond acceptors (Lipinski definition) is 5. The lowest BCUT2D eigenvalue weighted by Gasteiger charge is -2.58. The normalized spacial score (nSPS) is 38.4. The molecular formula is C31H47NO5. The molecule has 3 saturated carbocycles. The number of nitrogens with one attached hydrogen (secondary N) is 1. The van der Waals surface area contributed by atoms with Gasteiger partial charge in [0.2, 0.25) is 5.91 Å². The third kappa shape index (κ3) is 5.31. The highest BCUT2D eigenvalue weighted by Crippen LogP contribution is 2.66. The monoisotopic (exact) mass is 513 g/mol. The summed E-state index contributed by atoms with van der Waals surface area (Å²) < 4.78 is 5.57. The topological polar surface area (TPSA) is 89.5 Å². The molecule has 0 spiro atoms. The molecule has 0 aromatic heterocycles. The SMILES string of the molecule is CC(=O)NC[C@H](C)CCC(=O)[C@@H](C)[C@H]1C(=O)C[C@@H]2[C@@H]3CC=C4C[C@@H](OC(C)=O)CC[C@]4(C)[C@@H]3CC[C@@]21C. The molecule has 0 unspecified atom stereocenters. The van der Waals surface area contributed by atoms with Crippen molar-refractivity contribution in [3.05, 3.63) is 11.6 Å². The number of hydrogen-bond donors (Lipinski definition) is 1. The molecule has 4 rings (SSSR count). The van der Waals surface area contributed by atoms with E-state index < -0.39 is 0 Å². The van der Waals surface area contributed by atoms with Crippen LogP contribution >= 0.6 is 0 Å². The van der Waals surface area contributed by atoms with Crippen molar-refractivity contribution in [2.75, 3.05) is 6.54 Å². The van der Waals surface area contributed by atoms with E-state index in [1.807, 2.05) is 6.92 Å². The molecule has 4 aliphatic rings. The molecule has 6 heteroatoms. The molecule has 0 bridgehead atoms. The van der Waals surface area contributed by atoms with Crippen LogP contribution in [-0.2, 0) is 23.9 Å². The fourth-order valence-corrected chi connectivity index (χ4v) is 8.86. The van der Waals surface area contributed by atoms with Gasteiger partial charge in [-0.1, -0.05) is 39.3 Å². The van der Waals surface area contributed by atoms with E-state index in [9.17, 15) is 19.2 Å². The summed E-state index contributed by atoms with van der Waals surface area (Å²) in [5, 5.41) is 2.83. The maximum Gasteiger partial charge on any atom is 0.302 e. The molecule has 0 heterocycles. The van der Waals surface area contributed by atoms with Crippen LogP contribution in [-0.4, -0.2) is 36.1 Å². The molecule has 0 radical (unpaired) electrons. The average molecular weight is 514 g/mol. The van der Waals surface area contributed by atoms with Crippen LogP contribution in [0.4, 0.5) is 0 Å². The van der Waals surface area contributed by atoms with Gasteiger partial charge in [0.1, 0.15) is 17.7 Å². The number of carbonyl (C=O) groups is 4. The fraction of sp³-hybridized carbons (Fsp3) is 0.806. The van der Waals surface area contributed by atoms with E-state index in [1.54, 1.807) is 0 Å². The van der Waals surface area contributed by atoms with E-state index in [4.69, 9.17) is 4.74 Å². The van der Waals surface area contributed by atoms with Crippen molar-refractivity contribution in [1.29, 1.82) is 0 Å². The van der Waals surface area contributed by atoms with Gasteiger partial charge in [-0.15, -0.1) is 0 Å². The number of ketones is 2. The molecule has 6 nitrogen and oxygen atoms in total. The highest BCUT2D eigenvalue weighted by Gasteiger charge is 2.62. The number of amides is 1. The first-order valence-electron chi connectivity index (χ1n) is 14.5. The molecule has 0 aromatic rings. The Labute approximate surface area is 222 Å². The summed E-state index contributed by atoms with van der Waals surface area (Å²) in [7, 11) is 0. The van der Waals surface area contributed by atoms with Gasteiger partial charge >= 0.3 is 5.97 Å². The molecule has 0 aliphatic heterocycles. The number of rotatable bonds is 8. The zero-order valence-electron chi connectivity index (χ0n) is 23.7. The van der Waals surface area contributed by atoms with Crippen molar-refractivity contribution in [3.63, 3.8) is 0 Å². The number of ether oxygens (including phenoxy) is 1. The van der Waals surface area contributed by atoms with Gasteiger partial charge in [0.15, 0.2) is 0 Å². The summed E-state index contributed by atoms with van der Waals surface area (Å²) in [4.78, 5) is 49.5. The average Bonchev–Trinajstić information content (AvgIpc) is 3.10. The quantitative estimate of drug-likeness (QED) is 0.345. The van der Waals surface area contributed by atoms with Gasteiger partial charge in [-0.2, -0.15) is 0 Å². The third-order valence-corrected chi connectivity index (χ3v) is 10.9. The van der Waals surface area contributed by atoms with Crippen molar-refractivity contribution in [3.8, 4) is 0 Å². The van der Waals surface area contributed by atoms with Crippen LogP contribution < -0.4 is 5.32 Å². The highest BCUT2D eigenvalue weighted by atomic mass is 16.5. The summed E-state index contributed by atoms with van der Waals surface area (Å²) in [6, 6.07) is 0. The van der Waals surface area contributed by atoms with Crippen LogP contribution in [0, 0.1) is 46.3 Å². The molecule has 3 fully saturated rings. The Kier molecular flexibility index (Phi) is 8.07. The summed E-state index contributed by atoms with van der Waals surface area (Å²) >= 11 is 0. The molecule has 4 aliphatic carbocycles. The highest BCUT2D eigenvalue weighted by molar-refractivity contribution is 5.92. The van der Waals surface area contributed by atoms with E-state index in [1.165, 1.54) is 19.4 Å². The summed E-state index contributed by atoms with van der Waals surface area (Å²) in [5.41, 5.74) is 1.45. The molecule has 0 saturated heterocycles. The van der Waals surface area contributed by atoms with Gasteiger partial charge in [-0.05, 0) is 73.0 Å². The zero-order chi connectivity index (χ0) is 27.1. The van der Waals surface area contributed by atoms with Gasteiger partial charge in [0, 0.05) is 51.5 Å². The Morgan fingerprint density at radius 2 is 1.81 bits per heavy atom. The van der Waals surface area contributed by atoms with Crippen LogP contribution in [0.5, 0.6) is 0 Å². The second kappa shape index (κ2) is 10.6. The lowest BCUT2D eigenvalue weighted by atomic mass is 9.47. The van der Waals surface area contributed by atoms with E-state index in [0.717, 1.165) is 44.9 Å². The Hall–Kier alpha value is -1.98. The summed E-state index contributed by atoms with van der Waals surface area (Å²) in [6.45, 7) is 12.3. The lowest BCUT2D eigenvalue weighted by Crippen LogP contribution is -2.51. The standard InChI is InChI=1S/C31H47NO5/c1-18(17-32-20(3)33)7-10-27(35)19(2)29-28(36)16-26-24-9-8-22-15-23(37-21(4)34)11-13-30(22,5)25(24)12-14-31(26,29)6/h8,18-19,23-26,29H,7,9-17H2,1-6H3,(H,32,33)/t18-,19-,23+,24-,25-,26-,29+,30+,31+/m1/s1. The molecule has 0 aromatic carbocycles. The number of allylic oxidation sites excluding steroid dienone is 1. The van der Waals surface area contributed by atoms with Crippen LogP contribution in [0.1, 0.15) is 99.3 Å². The molecule has 1 N–H and O–H groups in total. The lowest BCUT2D eigenvalue weighted by molar-refractivity contribution is -0.148. The largest absolute Gasteiger partial charge is 0.462 e. The maximum atomic E-state index is 13.5. The van der Waals surface area contributed by atoms with E-state index in [-0.39, 0.29) is 52.3 Å². The number of carbonyl (C=O) groups excluding carboxylic acids is 4. The van der Waals surface area contributed by atoms with Crippen molar-refractivity contribution in [2.24, 2.45) is 46.3 Å². The predicted molar refractivity (Wildman–Crippen MR) is 142 cm³/mol. The first-order chi connectivity index (χ1) is 17.4. The minimum absolute atomic E-state index is 0.00695. The first-order valence-corrected chi connectivity index (χ1v) is 14.5. The number of Topliss-reactive ketones (excluding diaryl/α,β-unsaturated/α-hetero) is 2. The molecule has 9 atom stereocenters. The van der Waals surface area contributed by atoms with Crippen molar-refractivity contribution in [1.82, 2.24) is 5.32 Å². The number of esters is 1.